The number of ether oxygens (including phenoxy) is 4. The van der Waals surface area contributed by atoms with Gasteiger partial charge in [-0.2, -0.15) is 8.42 Å². The van der Waals surface area contributed by atoms with Crippen LogP contribution in [0.25, 0.3) is 0 Å². The topological polar surface area (TPSA) is 178 Å². The van der Waals surface area contributed by atoms with Gasteiger partial charge < -0.3 is 34.3 Å². The second-order valence-electron chi connectivity index (χ2n) is 20.6. The summed E-state index contributed by atoms with van der Waals surface area (Å²) < 4.78 is 59.5. The fraction of sp³-hybridized carbons (Fsp3) is 0.820. The Morgan fingerprint density at radius 3 is 1.36 bits per heavy atom. The summed E-state index contributed by atoms with van der Waals surface area (Å²) in [5.74, 6) is -0.401. The zero-order chi connectivity index (χ0) is 53.8. The third-order valence-corrected chi connectivity index (χ3v) is 14.1. The molecule has 0 aromatic carbocycles. The lowest BCUT2D eigenvalue weighted by atomic mass is 9.99. The van der Waals surface area contributed by atoms with Gasteiger partial charge in [0.15, 0.2) is 6.29 Å². The average Bonchev–Trinajstić information content (AvgIpc) is 3.38. The Kier molecular flexibility index (Phi) is 48.6. The van der Waals surface area contributed by atoms with Crippen molar-refractivity contribution in [1.29, 1.82) is 0 Å². The largest absolute Gasteiger partial charge is 0.457 e. The van der Waals surface area contributed by atoms with Gasteiger partial charge in [0.05, 0.1) is 19.8 Å². The molecule has 13 heteroatoms. The van der Waals surface area contributed by atoms with E-state index in [2.05, 4.69) is 78.8 Å². The quantitative estimate of drug-likeness (QED) is 0.0196. The zero-order valence-electron chi connectivity index (χ0n) is 46.9. The van der Waals surface area contributed by atoms with Crippen LogP contribution >= 0.6 is 0 Å². The van der Waals surface area contributed by atoms with Crippen molar-refractivity contribution >= 4 is 16.4 Å². The maximum Gasteiger partial charge on any atom is 0.397 e. The van der Waals surface area contributed by atoms with Crippen LogP contribution in [0.4, 0.5) is 0 Å². The highest BCUT2D eigenvalue weighted by molar-refractivity contribution is 7.80. The Morgan fingerprint density at radius 1 is 0.527 bits per heavy atom. The molecular formula is C61H110O12S. The number of carbonyl (C=O) groups is 1. The van der Waals surface area contributed by atoms with Gasteiger partial charge in [0.25, 0.3) is 0 Å². The van der Waals surface area contributed by atoms with Crippen LogP contribution in [0.5, 0.6) is 0 Å². The van der Waals surface area contributed by atoms with Gasteiger partial charge in [0, 0.05) is 13.0 Å². The van der Waals surface area contributed by atoms with Crippen molar-refractivity contribution in [3.05, 3.63) is 60.8 Å². The standard InChI is InChI=1S/C61H110O12S/c1-3-5-7-9-11-13-15-17-19-21-23-25-27-28-29-30-32-34-36-38-40-42-44-46-48-50-57(63)71-55(54-70-61-59(65)60(73-74(66,67)68)58(64)56(52-62)72-61)53-69-51-49-47-45-43-41-39-37-35-33-31-26-24-22-20-18-16-14-12-10-8-6-4-2/h6,8,12,14,18,20,24,26,33,35,55-56,58-62,64-65H,3-5,7,9-11,13,15-17,19,21-23,25,27-32,34,36-54H2,1-2H3,(H,66,67,68)/b8-6-,14-12-,20-18-,26-24-,35-33-. The van der Waals surface area contributed by atoms with E-state index in [1.165, 1.54) is 141 Å². The van der Waals surface area contributed by atoms with Crippen LogP contribution in [-0.2, 0) is 38.3 Å². The van der Waals surface area contributed by atoms with Crippen molar-refractivity contribution in [2.24, 2.45) is 0 Å². The Hall–Kier alpha value is -2.20. The van der Waals surface area contributed by atoms with E-state index in [1.807, 2.05) is 0 Å². The summed E-state index contributed by atoms with van der Waals surface area (Å²) >= 11 is 0. The second-order valence-corrected chi connectivity index (χ2v) is 21.6. The highest BCUT2D eigenvalue weighted by atomic mass is 32.3. The molecular weight excluding hydrogens is 957 g/mol. The molecule has 0 amide bonds. The number of unbranched alkanes of at least 4 members (excludes halogenated alkanes) is 30. The molecule has 1 aliphatic rings. The lowest BCUT2D eigenvalue weighted by Crippen LogP contribution is -2.60. The fourth-order valence-corrected chi connectivity index (χ4v) is 9.68. The number of allylic oxidation sites excluding steroid dienone is 10. The van der Waals surface area contributed by atoms with Crippen LogP contribution in [0.15, 0.2) is 60.8 Å². The molecule has 6 unspecified atom stereocenters. The first kappa shape index (κ1) is 69.8. The minimum Gasteiger partial charge on any atom is -0.457 e. The van der Waals surface area contributed by atoms with Crippen molar-refractivity contribution in [2.75, 3.05) is 26.4 Å². The maximum atomic E-state index is 13.0. The summed E-state index contributed by atoms with van der Waals surface area (Å²) in [7, 11) is -5.07. The van der Waals surface area contributed by atoms with Gasteiger partial charge in [-0.3, -0.25) is 9.35 Å². The highest BCUT2D eigenvalue weighted by Crippen LogP contribution is 2.26. The Bertz CT molecular complexity index is 1510. The van der Waals surface area contributed by atoms with Gasteiger partial charge in [0.2, 0.25) is 0 Å². The molecule has 0 bridgehead atoms. The van der Waals surface area contributed by atoms with E-state index in [1.54, 1.807) is 0 Å². The van der Waals surface area contributed by atoms with Crippen molar-refractivity contribution in [1.82, 2.24) is 0 Å². The Labute approximate surface area is 452 Å². The first-order chi connectivity index (χ1) is 36.1. The van der Waals surface area contributed by atoms with Crippen molar-refractivity contribution in [2.45, 2.75) is 295 Å². The normalized spacial score (nSPS) is 19.1. The molecule has 0 saturated carbocycles. The number of hydrogen-bond donors (Lipinski definition) is 4. The number of esters is 1. The van der Waals surface area contributed by atoms with Crippen LogP contribution < -0.4 is 0 Å². The number of aliphatic hydroxyl groups is 3. The van der Waals surface area contributed by atoms with Gasteiger partial charge in [-0.25, -0.2) is 4.18 Å². The predicted molar refractivity (Wildman–Crippen MR) is 303 cm³/mol. The van der Waals surface area contributed by atoms with E-state index in [0.717, 1.165) is 89.9 Å². The van der Waals surface area contributed by atoms with E-state index in [0.29, 0.717) is 13.0 Å². The number of rotatable bonds is 53. The molecule has 1 saturated heterocycles. The third kappa shape index (κ3) is 43.9. The molecule has 0 radical (unpaired) electrons. The minimum atomic E-state index is -5.07. The zero-order valence-corrected chi connectivity index (χ0v) is 47.7. The summed E-state index contributed by atoms with van der Waals surface area (Å²) in [4.78, 5) is 13.0. The van der Waals surface area contributed by atoms with Crippen molar-refractivity contribution in [3.63, 3.8) is 0 Å². The van der Waals surface area contributed by atoms with Crippen LogP contribution in [0, 0.1) is 0 Å². The Balaban J connectivity index is 2.28. The van der Waals surface area contributed by atoms with Crippen LogP contribution in [0.1, 0.15) is 258 Å². The summed E-state index contributed by atoms with van der Waals surface area (Å²) in [6.45, 7) is 3.89. The van der Waals surface area contributed by atoms with Gasteiger partial charge in [0.1, 0.15) is 30.5 Å². The summed E-state index contributed by atoms with van der Waals surface area (Å²) in [6, 6.07) is 0. The predicted octanol–water partition coefficient (Wildman–Crippen LogP) is 15.2. The molecule has 6 atom stereocenters. The lowest BCUT2D eigenvalue weighted by molar-refractivity contribution is -0.301. The van der Waals surface area contributed by atoms with Crippen molar-refractivity contribution in [3.8, 4) is 0 Å². The summed E-state index contributed by atoms with van der Waals surface area (Å²) in [6.07, 6.45) is 58.4. The van der Waals surface area contributed by atoms with Gasteiger partial charge >= 0.3 is 16.4 Å². The molecule has 0 aromatic rings. The van der Waals surface area contributed by atoms with Gasteiger partial charge in [-0.15, -0.1) is 0 Å². The molecule has 0 aliphatic carbocycles. The van der Waals surface area contributed by atoms with Crippen LogP contribution in [0.2, 0.25) is 0 Å². The molecule has 0 aromatic heterocycles. The average molecular weight is 1070 g/mol. The van der Waals surface area contributed by atoms with Crippen molar-refractivity contribution < 1.29 is 56.2 Å². The highest BCUT2D eigenvalue weighted by Gasteiger charge is 2.48. The fourth-order valence-electron chi connectivity index (χ4n) is 9.17. The van der Waals surface area contributed by atoms with Gasteiger partial charge in [-0.1, -0.05) is 254 Å². The molecule has 12 nitrogen and oxygen atoms in total. The smallest absolute Gasteiger partial charge is 0.397 e. The molecule has 74 heavy (non-hydrogen) atoms. The SMILES string of the molecule is CC/C=C\C/C=C\C/C=C\C/C=C\C/C=C\CCCCCCCCOCC(COC1OC(CO)C(O)C(OS(=O)(=O)O)C1O)OC(=O)CCCCCCCCCCCCCCCCCCCCCCCCCCC. The number of aliphatic hydroxyl groups excluding tert-OH is 3. The first-order valence-corrected chi connectivity index (χ1v) is 31.4. The minimum absolute atomic E-state index is 0.0261. The van der Waals surface area contributed by atoms with Gasteiger partial charge in [-0.05, 0) is 57.8 Å². The molecule has 4 N–H and O–H groups in total. The van der Waals surface area contributed by atoms with E-state index < -0.39 is 59.8 Å². The van der Waals surface area contributed by atoms with E-state index in [-0.39, 0.29) is 19.6 Å². The molecule has 1 rings (SSSR count). The molecule has 1 aliphatic heterocycles. The lowest BCUT2D eigenvalue weighted by Gasteiger charge is -2.41. The number of carbonyl (C=O) groups excluding carboxylic acids is 1. The van der Waals surface area contributed by atoms with Crippen LogP contribution in [-0.4, -0.2) is 97.5 Å². The monoisotopic (exact) mass is 1070 g/mol. The third-order valence-electron chi connectivity index (χ3n) is 13.7. The molecule has 1 heterocycles. The molecule has 1 fully saturated rings. The first-order valence-electron chi connectivity index (χ1n) is 30.0. The van der Waals surface area contributed by atoms with E-state index in [4.69, 9.17) is 18.9 Å². The van der Waals surface area contributed by atoms with E-state index in [9.17, 15) is 33.1 Å². The molecule has 0 spiro atoms. The Morgan fingerprint density at radius 2 is 0.932 bits per heavy atom. The summed E-state index contributed by atoms with van der Waals surface area (Å²) in [5, 5.41) is 30.9. The van der Waals surface area contributed by atoms with E-state index >= 15 is 0 Å². The molecule has 432 valence electrons. The maximum absolute atomic E-state index is 13.0. The second kappa shape index (κ2) is 51.6. The summed E-state index contributed by atoms with van der Waals surface area (Å²) in [5.41, 5.74) is 0. The van der Waals surface area contributed by atoms with Crippen LogP contribution in [0.3, 0.4) is 0 Å². The number of hydrogen-bond acceptors (Lipinski definition) is 11.